The molecule has 2 nitrogen and oxygen atoms in total. The molecule has 0 N–H and O–H groups in total. The third-order valence-corrected chi connectivity index (χ3v) is 4.45. The molecule has 1 aromatic rings. The molecule has 0 radical (unpaired) electrons. The largest absolute Gasteiger partial charge is 0.341 e. The number of hydrogen-bond acceptors (Lipinski definition) is 2. The normalized spacial score (nSPS) is 11.4. The van der Waals surface area contributed by atoms with Crippen LogP contribution in [-0.2, 0) is 11.3 Å². The van der Waals surface area contributed by atoms with E-state index in [-0.39, 0.29) is 10.7 Å². The van der Waals surface area contributed by atoms with Gasteiger partial charge in [-0.15, -0.1) is 11.8 Å². The van der Waals surface area contributed by atoms with Crippen LogP contribution in [0.1, 0.15) is 26.3 Å². The summed E-state index contributed by atoms with van der Waals surface area (Å²) >= 11 is 5.18. The Morgan fingerprint density at radius 3 is 2.50 bits per heavy atom. The van der Waals surface area contributed by atoms with Gasteiger partial charge in [0.15, 0.2) is 0 Å². The van der Waals surface area contributed by atoms with Crippen molar-refractivity contribution in [2.75, 3.05) is 12.8 Å². The van der Waals surface area contributed by atoms with Gasteiger partial charge >= 0.3 is 0 Å². The number of rotatable bonds is 4. The van der Waals surface area contributed by atoms with Crippen LogP contribution < -0.4 is 0 Å². The Bertz CT molecular complexity index is 415. The van der Waals surface area contributed by atoms with Gasteiger partial charge in [0.2, 0.25) is 5.91 Å². The molecule has 0 unspecified atom stereocenters. The molecule has 100 valence electrons. The second kappa shape index (κ2) is 6.62. The molecule has 0 fully saturated rings. The van der Waals surface area contributed by atoms with Crippen LogP contribution in [0.5, 0.6) is 0 Å². The predicted octanol–water partition coefficient (Wildman–Crippen LogP) is 3.94. The molecule has 0 heterocycles. The van der Waals surface area contributed by atoms with E-state index in [1.54, 1.807) is 16.7 Å². The molecule has 0 atom stereocenters. The first-order valence-electron chi connectivity index (χ1n) is 5.91. The zero-order valence-corrected chi connectivity index (χ0v) is 13.8. The van der Waals surface area contributed by atoms with Gasteiger partial charge in [0.05, 0.1) is 5.75 Å². The highest BCUT2D eigenvalue weighted by Gasteiger charge is 2.16. The van der Waals surface area contributed by atoms with Crippen molar-refractivity contribution in [1.82, 2.24) is 4.90 Å². The third-order valence-electron chi connectivity index (χ3n) is 2.42. The van der Waals surface area contributed by atoms with E-state index in [0.717, 1.165) is 10.0 Å². The van der Waals surface area contributed by atoms with Gasteiger partial charge in [0, 0.05) is 22.8 Å². The highest BCUT2D eigenvalue weighted by atomic mass is 79.9. The molecule has 18 heavy (non-hydrogen) atoms. The Hall–Kier alpha value is -0.480. The van der Waals surface area contributed by atoms with Crippen molar-refractivity contribution in [2.45, 2.75) is 32.1 Å². The lowest BCUT2D eigenvalue weighted by molar-refractivity contribution is -0.127. The summed E-state index contributed by atoms with van der Waals surface area (Å²) in [7, 11) is 1.85. The first-order chi connectivity index (χ1) is 8.29. The minimum absolute atomic E-state index is 0.129. The number of amides is 1. The lowest BCUT2D eigenvalue weighted by Crippen LogP contribution is -2.29. The summed E-state index contributed by atoms with van der Waals surface area (Å²) < 4.78 is 1.18. The Morgan fingerprint density at radius 2 is 1.94 bits per heavy atom. The molecule has 0 spiro atoms. The lowest BCUT2D eigenvalue weighted by atomic mass is 10.2. The van der Waals surface area contributed by atoms with E-state index in [1.807, 2.05) is 31.3 Å². The number of halogens is 1. The minimum Gasteiger partial charge on any atom is -0.341 e. The van der Waals surface area contributed by atoms with Crippen LogP contribution in [0.2, 0.25) is 0 Å². The number of carbonyl (C=O) groups excluding carboxylic acids is 1. The van der Waals surface area contributed by atoms with Crippen LogP contribution in [0, 0.1) is 0 Å². The summed E-state index contributed by atoms with van der Waals surface area (Å²) in [6.07, 6.45) is 0. The van der Waals surface area contributed by atoms with Crippen molar-refractivity contribution >= 4 is 33.6 Å². The molecule has 0 bridgehead atoms. The fourth-order valence-electron chi connectivity index (χ4n) is 1.36. The zero-order chi connectivity index (χ0) is 13.8. The number of nitrogens with zero attached hydrogens (tertiary/aromatic N) is 1. The average molecular weight is 330 g/mol. The summed E-state index contributed by atoms with van der Waals surface area (Å²) in [6, 6.07) is 8.00. The number of benzene rings is 1. The van der Waals surface area contributed by atoms with Gasteiger partial charge in [0.1, 0.15) is 0 Å². The zero-order valence-electron chi connectivity index (χ0n) is 11.4. The van der Waals surface area contributed by atoms with Gasteiger partial charge in [-0.05, 0) is 11.6 Å². The van der Waals surface area contributed by atoms with Crippen molar-refractivity contribution < 1.29 is 4.79 Å². The van der Waals surface area contributed by atoms with Gasteiger partial charge in [-0.2, -0.15) is 0 Å². The molecule has 0 aromatic heterocycles. The first kappa shape index (κ1) is 15.6. The summed E-state index contributed by atoms with van der Waals surface area (Å²) in [5, 5.41) is 0. The van der Waals surface area contributed by atoms with E-state index >= 15 is 0 Å². The summed E-state index contributed by atoms with van der Waals surface area (Å²) in [6.45, 7) is 7.02. The Morgan fingerprint density at radius 1 is 1.33 bits per heavy atom. The SMILES string of the molecule is CN(Cc1ccccc1Br)C(=O)CSC(C)(C)C. The topological polar surface area (TPSA) is 20.3 Å². The quantitative estimate of drug-likeness (QED) is 0.833. The smallest absolute Gasteiger partial charge is 0.232 e. The highest BCUT2D eigenvalue weighted by molar-refractivity contribution is 9.10. The Kier molecular flexibility index (Phi) is 5.73. The predicted molar refractivity (Wildman–Crippen MR) is 82.8 cm³/mol. The van der Waals surface area contributed by atoms with Crippen LogP contribution in [-0.4, -0.2) is 28.4 Å². The van der Waals surface area contributed by atoms with E-state index in [2.05, 4.69) is 36.7 Å². The van der Waals surface area contributed by atoms with Crippen molar-refractivity contribution in [3.8, 4) is 0 Å². The van der Waals surface area contributed by atoms with E-state index in [1.165, 1.54) is 0 Å². The van der Waals surface area contributed by atoms with Crippen LogP contribution in [0.3, 0.4) is 0 Å². The standard InChI is InChI=1S/C14H20BrNOS/c1-14(2,3)18-10-13(17)16(4)9-11-7-5-6-8-12(11)15/h5-8H,9-10H2,1-4H3. The van der Waals surface area contributed by atoms with Crippen LogP contribution in [0.25, 0.3) is 0 Å². The van der Waals surface area contributed by atoms with Gasteiger partial charge < -0.3 is 4.90 Å². The molecule has 0 aliphatic heterocycles. The summed E-state index contributed by atoms with van der Waals surface area (Å²) in [4.78, 5) is 13.8. The first-order valence-corrected chi connectivity index (χ1v) is 7.69. The molecule has 4 heteroatoms. The number of carbonyl (C=O) groups is 1. The van der Waals surface area contributed by atoms with Gasteiger partial charge in [-0.25, -0.2) is 0 Å². The summed E-state index contributed by atoms with van der Waals surface area (Å²) in [5.74, 6) is 0.704. The monoisotopic (exact) mass is 329 g/mol. The van der Waals surface area contributed by atoms with Gasteiger partial charge in [0.25, 0.3) is 0 Å². The molecular weight excluding hydrogens is 310 g/mol. The second-order valence-corrected chi connectivity index (χ2v) is 7.90. The van der Waals surface area contributed by atoms with E-state index in [0.29, 0.717) is 12.3 Å². The maximum atomic E-state index is 12.0. The summed E-state index contributed by atoms with van der Waals surface area (Å²) in [5.41, 5.74) is 1.13. The van der Waals surface area contributed by atoms with Crippen LogP contribution in [0.4, 0.5) is 0 Å². The fourth-order valence-corrected chi connectivity index (χ4v) is 2.55. The molecule has 0 saturated heterocycles. The second-order valence-electron chi connectivity index (χ2n) is 5.24. The maximum absolute atomic E-state index is 12.0. The molecule has 1 aromatic carbocycles. The third kappa shape index (κ3) is 5.44. The molecule has 1 rings (SSSR count). The lowest BCUT2D eigenvalue weighted by Gasteiger charge is -2.21. The number of hydrogen-bond donors (Lipinski definition) is 0. The van der Waals surface area contributed by atoms with Crippen molar-refractivity contribution in [2.24, 2.45) is 0 Å². The number of thioether (sulfide) groups is 1. The average Bonchev–Trinajstić information content (AvgIpc) is 2.28. The van der Waals surface area contributed by atoms with E-state index in [4.69, 9.17) is 0 Å². The molecule has 1 amide bonds. The van der Waals surface area contributed by atoms with E-state index < -0.39 is 0 Å². The van der Waals surface area contributed by atoms with Crippen molar-refractivity contribution in [3.63, 3.8) is 0 Å². The van der Waals surface area contributed by atoms with Gasteiger partial charge in [-0.3, -0.25) is 4.79 Å². The highest BCUT2D eigenvalue weighted by Crippen LogP contribution is 2.23. The van der Waals surface area contributed by atoms with Crippen LogP contribution >= 0.6 is 27.7 Å². The van der Waals surface area contributed by atoms with E-state index in [9.17, 15) is 4.79 Å². The van der Waals surface area contributed by atoms with Gasteiger partial charge in [-0.1, -0.05) is 54.9 Å². The van der Waals surface area contributed by atoms with Crippen LogP contribution in [0.15, 0.2) is 28.7 Å². The Balaban J connectivity index is 2.53. The molecular formula is C14H20BrNOS. The maximum Gasteiger partial charge on any atom is 0.232 e. The minimum atomic E-state index is 0.129. The molecule has 0 aliphatic rings. The Labute approximate surface area is 122 Å². The molecule has 0 aliphatic carbocycles. The molecule has 0 saturated carbocycles. The fraction of sp³-hybridized carbons (Fsp3) is 0.500. The van der Waals surface area contributed by atoms with Crippen molar-refractivity contribution in [1.29, 1.82) is 0 Å². The van der Waals surface area contributed by atoms with Crippen molar-refractivity contribution in [3.05, 3.63) is 34.3 Å².